The molecule has 0 amide bonds. The van der Waals surface area contributed by atoms with Gasteiger partial charge in [0, 0.05) is 48.2 Å². The van der Waals surface area contributed by atoms with Crippen LogP contribution in [0, 0.1) is 0 Å². The van der Waals surface area contributed by atoms with Gasteiger partial charge in [0.05, 0.1) is 0 Å². The van der Waals surface area contributed by atoms with Crippen LogP contribution in [-0.4, -0.2) is 36.1 Å². The highest BCUT2D eigenvalue weighted by molar-refractivity contribution is 7.99. The average Bonchev–Trinajstić information content (AvgIpc) is 2.91. The van der Waals surface area contributed by atoms with E-state index in [-0.39, 0.29) is 0 Å². The van der Waals surface area contributed by atoms with Crippen molar-refractivity contribution in [2.45, 2.75) is 22.3 Å². The Kier molecular flexibility index (Phi) is 4.60. The summed E-state index contributed by atoms with van der Waals surface area (Å²) in [6.07, 6.45) is 2.97. The first-order chi connectivity index (χ1) is 13.4. The van der Waals surface area contributed by atoms with E-state index in [1.54, 1.807) is 0 Å². The number of benzene rings is 2. The summed E-state index contributed by atoms with van der Waals surface area (Å²) < 4.78 is 0. The zero-order valence-corrected chi connectivity index (χ0v) is 16.1. The monoisotopic (exact) mass is 373 g/mol. The van der Waals surface area contributed by atoms with Gasteiger partial charge in [0.15, 0.2) is 0 Å². The summed E-state index contributed by atoms with van der Waals surface area (Å²) in [7, 11) is 0. The number of piperazine rings is 1. The van der Waals surface area contributed by atoms with E-state index in [1.807, 2.05) is 24.0 Å². The third kappa shape index (κ3) is 3.35. The molecule has 4 heteroatoms. The van der Waals surface area contributed by atoms with Crippen LogP contribution in [0.15, 0.2) is 82.7 Å². The summed E-state index contributed by atoms with van der Waals surface area (Å²) in [4.78, 5) is 12.4. The second kappa shape index (κ2) is 7.37. The minimum absolute atomic E-state index is 0.447. The van der Waals surface area contributed by atoms with Crippen molar-refractivity contribution in [2.75, 3.05) is 31.1 Å². The van der Waals surface area contributed by atoms with Gasteiger partial charge in [-0.3, -0.25) is 4.90 Å². The molecule has 0 aliphatic carbocycles. The van der Waals surface area contributed by atoms with Gasteiger partial charge in [-0.15, -0.1) is 0 Å². The van der Waals surface area contributed by atoms with Crippen LogP contribution < -0.4 is 4.90 Å². The van der Waals surface area contributed by atoms with E-state index in [9.17, 15) is 0 Å². The number of anilines is 1. The maximum absolute atomic E-state index is 4.52. The Hall–Kier alpha value is -2.30. The molecule has 1 unspecified atom stereocenters. The second-order valence-corrected chi connectivity index (χ2v) is 8.26. The second-order valence-electron chi connectivity index (χ2n) is 7.18. The molecule has 136 valence electrons. The van der Waals surface area contributed by atoms with Gasteiger partial charge in [0.2, 0.25) is 0 Å². The minimum atomic E-state index is 0.447. The highest BCUT2D eigenvalue weighted by Gasteiger charge is 2.29. The van der Waals surface area contributed by atoms with Crippen LogP contribution in [0.3, 0.4) is 0 Å². The zero-order valence-electron chi connectivity index (χ0n) is 15.3. The number of fused-ring (bicyclic) bond motifs is 2. The van der Waals surface area contributed by atoms with Gasteiger partial charge in [0.25, 0.3) is 0 Å². The van der Waals surface area contributed by atoms with Crippen molar-refractivity contribution in [1.29, 1.82) is 0 Å². The lowest BCUT2D eigenvalue weighted by Crippen LogP contribution is -2.48. The van der Waals surface area contributed by atoms with Gasteiger partial charge < -0.3 is 4.90 Å². The van der Waals surface area contributed by atoms with Crippen LogP contribution in [0.4, 0.5) is 5.82 Å². The molecule has 0 spiro atoms. The highest BCUT2D eigenvalue weighted by atomic mass is 32.2. The predicted molar refractivity (Wildman–Crippen MR) is 111 cm³/mol. The molecule has 5 rings (SSSR count). The number of nitrogens with zero attached hydrogens (tertiary/aromatic N) is 3. The van der Waals surface area contributed by atoms with Gasteiger partial charge in [-0.25, -0.2) is 4.98 Å². The summed E-state index contributed by atoms with van der Waals surface area (Å²) >= 11 is 1.92. The fraction of sp³-hybridized carbons (Fsp3) is 0.261. The van der Waals surface area contributed by atoms with Crippen LogP contribution in [0.1, 0.15) is 17.2 Å². The molecule has 0 N–H and O–H groups in total. The molecule has 0 saturated carbocycles. The van der Waals surface area contributed by atoms with Gasteiger partial charge >= 0.3 is 0 Å². The van der Waals surface area contributed by atoms with E-state index in [4.69, 9.17) is 0 Å². The normalized spacial score (nSPS) is 19.9. The molecule has 0 bridgehead atoms. The summed E-state index contributed by atoms with van der Waals surface area (Å²) in [5.41, 5.74) is 2.95. The van der Waals surface area contributed by atoms with Gasteiger partial charge in [-0.2, -0.15) is 0 Å². The minimum Gasteiger partial charge on any atom is -0.354 e. The number of aromatic nitrogens is 1. The van der Waals surface area contributed by atoms with Crippen molar-refractivity contribution in [3.05, 3.63) is 84.1 Å². The molecule has 1 aromatic heterocycles. The maximum atomic E-state index is 4.52. The van der Waals surface area contributed by atoms with Crippen molar-refractivity contribution in [1.82, 2.24) is 9.88 Å². The Bertz CT molecular complexity index is 920. The first kappa shape index (κ1) is 16.8. The van der Waals surface area contributed by atoms with E-state index in [1.165, 1.54) is 20.9 Å². The van der Waals surface area contributed by atoms with Crippen molar-refractivity contribution in [3.8, 4) is 0 Å². The molecule has 0 radical (unpaired) electrons. The number of rotatable bonds is 2. The number of hydrogen-bond donors (Lipinski definition) is 0. The molecule has 2 aromatic carbocycles. The van der Waals surface area contributed by atoms with E-state index in [2.05, 4.69) is 75.4 Å². The molecule has 2 aliphatic rings. The van der Waals surface area contributed by atoms with Crippen LogP contribution in [0.25, 0.3) is 0 Å². The average molecular weight is 374 g/mol. The summed E-state index contributed by atoms with van der Waals surface area (Å²) in [6, 6.07) is 24.5. The number of hydrogen-bond acceptors (Lipinski definition) is 4. The molecule has 2 aliphatic heterocycles. The lowest BCUT2D eigenvalue weighted by atomic mass is 9.96. The molecular weight excluding hydrogens is 350 g/mol. The largest absolute Gasteiger partial charge is 0.354 e. The Morgan fingerprint density at radius 2 is 1.52 bits per heavy atom. The molecule has 1 fully saturated rings. The van der Waals surface area contributed by atoms with Crippen LogP contribution in [-0.2, 0) is 6.42 Å². The van der Waals surface area contributed by atoms with Gasteiger partial charge in [0.1, 0.15) is 5.82 Å². The Labute approximate surface area is 165 Å². The quantitative estimate of drug-likeness (QED) is 0.651. The van der Waals surface area contributed by atoms with Gasteiger partial charge in [-0.05, 0) is 41.8 Å². The van der Waals surface area contributed by atoms with Crippen LogP contribution >= 0.6 is 11.8 Å². The van der Waals surface area contributed by atoms with Crippen molar-refractivity contribution >= 4 is 17.6 Å². The van der Waals surface area contributed by atoms with E-state index < -0.39 is 0 Å². The van der Waals surface area contributed by atoms with E-state index >= 15 is 0 Å². The Morgan fingerprint density at radius 1 is 0.778 bits per heavy atom. The van der Waals surface area contributed by atoms with Crippen molar-refractivity contribution in [2.24, 2.45) is 0 Å². The number of pyridine rings is 1. The third-order valence-electron chi connectivity index (χ3n) is 5.61. The van der Waals surface area contributed by atoms with E-state index in [0.717, 1.165) is 38.4 Å². The Morgan fingerprint density at radius 3 is 2.33 bits per heavy atom. The highest BCUT2D eigenvalue weighted by Crippen LogP contribution is 2.42. The van der Waals surface area contributed by atoms with Crippen molar-refractivity contribution < 1.29 is 0 Å². The molecule has 1 saturated heterocycles. The maximum Gasteiger partial charge on any atom is 0.128 e. The van der Waals surface area contributed by atoms with Crippen LogP contribution in [0.5, 0.6) is 0 Å². The van der Waals surface area contributed by atoms with Gasteiger partial charge in [-0.1, -0.05) is 54.2 Å². The summed E-state index contributed by atoms with van der Waals surface area (Å²) in [5.74, 6) is 1.10. The lowest BCUT2D eigenvalue weighted by molar-refractivity contribution is 0.182. The Balaban J connectivity index is 1.41. The smallest absolute Gasteiger partial charge is 0.128 e. The molecule has 27 heavy (non-hydrogen) atoms. The molecule has 1 atom stereocenters. The first-order valence-corrected chi connectivity index (χ1v) is 10.4. The van der Waals surface area contributed by atoms with E-state index in [0.29, 0.717) is 6.04 Å². The molecular formula is C23H23N3S. The third-order valence-corrected chi connectivity index (χ3v) is 6.82. The molecule has 3 nitrogen and oxygen atoms in total. The fourth-order valence-electron chi connectivity index (χ4n) is 4.19. The fourth-order valence-corrected chi connectivity index (χ4v) is 5.32. The van der Waals surface area contributed by atoms with Crippen LogP contribution in [0.2, 0.25) is 0 Å². The zero-order chi connectivity index (χ0) is 18.1. The predicted octanol–water partition coefficient (Wildman–Crippen LogP) is 4.65. The van der Waals surface area contributed by atoms with Crippen molar-refractivity contribution in [3.63, 3.8) is 0 Å². The lowest BCUT2D eigenvalue weighted by Gasteiger charge is -2.40. The molecule has 3 aromatic rings. The SMILES string of the molecule is c1ccc(N2CCN(C3Cc4ccccc4Sc4ccccc43)CC2)nc1. The topological polar surface area (TPSA) is 19.4 Å². The summed E-state index contributed by atoms with van der Waals surface area (Å²) in [5, 5.41) is 0. The first-order valence-electron chi connectivity index (χ1n) is 9.63. The standard InChI is InChI=1S/C23H23N3S/c1-3-9-21-18(7-1)17-20(19-8-2-4-10-22(19)27-21)25-13-15-26(16-14-25)23-11-5-6-12-24-23/h1-12,20H,13-17H2. The molecule has 3 heterocycles. The summed E-state index contributed by atoms with van der Waals surface area (Å²) in [6.45, 7) is 4.21.